The standard InChI is InChI=1S/C10H12O2.C8H4N2/c1-3-4-8-5-6-9(11)10(7-8)12-2;9-5-7-3-1-2-4-8(7)6-10/h3,5-7,11H,1,4H2,2H3;1-4H. The lowest BCUT2D eigenvalue weighted by Crippen LogP contribution is -1.86. The molecular formula is C18H16N2O2. The zero-order valence-corrected chi connectivity index (χ0v) is 12.3. The molecule has 4 nitrogen and oxygen atoms in total. The molecule has 0 spiro atoms. The minimum absolute atomic E-state index is 0.172. The minimum Gasteiger partial charge on any atom is -0.504 e. The van der Waals surface area contributed by atoms with Crippen LogP contribution in [-0.4, -0.2) is 12.2 Å². The molecule has 0 heterocycles. The SMILES string of the molecule is C=CCc1ccc(O)c(OC)c1.N#Cc1ccccc1C#N. The molecule has 0 bridgehead atoms. The van der Waals surface area contributed by atoms with Crippen molar-refractivity contribution in [2.75, 3.05) is 7.11 Å². The summed E-state index contributed by atoms with van der Waals surface area (Å²) in [5, 5.41) is 26.1. The Bertz CT molecular complexity index is 692. The second kappa shape index (κ2) is 8.84. The molecule has 0 amide bonds. The Morgan fingerprint density at radius 1 is 1.14 bits per heavy atom. The van der Waals surface area contributed by atoms with Crippen molar-refractivity contribution in [3.05, 3.63) is 71.8 Å². The van der Waals surface area contributed by atoms with Gasteiger partial charge in [-0.1, -0.05) is 24.3 Å². The second-order valence-corrected chi connectivity index (χ2v) is 4.27. The highest BCUT2D eigenvalue weighted by Crippen LogP contribution is 2.26. The second-order valence-electron chi connectivity index (χ2n) is 4.27. The lowest BCUT2D eigenvalue weighted by Gasteiger charge is -2.04. The van der Waals surface area contributed by atoms with Crippen molar-refractivity contribution < 1.29 is 9.84 Å². The molecule has 0 aliphatic carbocycles. The molecule has 1 N–H and O–H groups in total. The third kappa shape index (κ3) is 4.70. The van der Waals surface area contributed by atoms with Gasteiger partial charge in [-0.3, -0.25) is 0 Å². The molecule has 4 heteroatoms. The van der Waals surface area contributed by atoms with E-state index in [2.05, 4.69) is 6.58 Å². The average molecular weight is 292 g/mol. The first-order chi connectivity index (χ1) is 10.7. The van der Waals surface area contributed by atoms with E-state index >= 15 is 0 Å². The van der Waals surface area contributed by atoms with Gasteiger partial charge in [-0.05, 0) is 36.2 Å². The maximum atomic E-state index is 9.25. The van der Waals surface area contributed by atoms with E-state index in [4.69, 9.17) is 15.3 Å². The third-order valence-corrected chi connectivity index (χ3v) is 2.79. The average Bonchev–Trinajstić information content (AvgIpc) is 2.57. The number of phenolic OH excluding ortho intramolecular Hbond substituents is 1. The fraction of sp³-hybridized carbons (Fsp3) is 0.111. The molecule has 0 saturated heterocycles. The maximum Gasteiger partial charge on any atom is 0.160 e. The molecule has 0 aliphatic rings. The van der Waals surface area contributed by atoms with Crippen molar-refractivity contribution in [2.24, 2.45) is 0 Å². The van der Waals surface area contributed by atoms with E-state index in [0.29, 0.717) is 16.9 Å². The number of phenols is 1. The number of rotatable bonds is 3. The zero-order chi connectivity index (χ0) is 16.4. The van der Waals surface area contributed by atoms with Crippen LogP contribution in [0.3, 0.4) is 0 Å². The fourth-order valence-electron chi connectivity index (χ4n) is 1.69. The molecule has 0 aromatic heterocycles. The summed E-state index contributed by atoms with van der Waals surface area (Å²) in [7, 11) is 1.53. The molecule has 22 heavy (non-hydrogen) atoms. The van der Waals surface area contributed by atoms with Crippen LogP contribution < -0.4 is 4.74 Å². The first-order valence-corrected chi connectivity index (χ1v) is 6.52. The largest absolute Gasteiger partial charge is 0.504 e. The van der Waals surface area contributed by atoms with Crippen molar-refractivity contribution in [3.8, 4) is 23.6 Å². The quantitative estimate of drug-likeness (QED) is 0.877. The van der Waals surface area contributed by atoms with Gasteiger partial charge in [0.25, 0.3) is 0 Å². The molecular weight excluding hydrogens is 276 g/mol. The summed E-state index contributed by atoms with van der Waals surface area (Å²) in [4.78, 5) is 0. The summed E-state index contributed by atoms with van der Waals surface area (Å²) in [5.74, 6) is 0.680. The van der Waals surface area contributed by atoms with Gasteiger partial charge in [0.15, 0.2) is 11.5 Å². The number of nitrogens with zero attached hydrogens (tertiary/aromatic N) is 2. The van der Waals surface area contributed by atoms with Gasteiger partial charge in [0.05, 0.1) is 18.2 Å². The molecule has 2 aromatic rings. The summed E-state index contributed by atoms with van der Waals surface area (Å²) in [5.41, 5.74) is 1.95. The highest BCUT2D eigenvalue weighted by Gasteiger charge is 2.00. The predicted octanol–water partition coefficient (Wildman–Crippen LogP) is 3.56. The van der Waals surface area contributed by atoms with Gasteiger partial charge >= 0.3 is 0 Å². The van der Waals surface area contributed by atoms with Crippen LogP contribution in [0.2, 0.25) is 0 Å². The predicted molar refractivity (Wildman–Crippen MR) is 84.4 cm³/mol. The van der Waals surface area contributed by atoms with E-state index in [-0.39, 0.29) is 5.75 Å². The summed E-state index contributed by atoms with van der Waals surface area (Å²) in [6.07, 6.45) is 2.60. The number of methoxy groups -OCH3 is 1. The summed E-state index contributed by atoms with van der Waals surface area (Å²) in [6.45, 7) is 3.63. The van der Waals surface area contributed by atoms with Crippen LogP contribution >= 0.6 is 0 Å². The number of nitriles is 2. The topological polar surface area (TPSA) is 77.0 Å². The van der Waals surface area contributed by atoms with E-state index in [1.807, 2.05) is 24.3 Å². The zero-order valence-electron chi connectivity index (χ0n) is 12.3. The Morgan fingerprint density at radius 2 is 1.73 bits per heavy atom. The van der Waals surface area contributed by atoms with Crippen LogP contribution in [0.5, 0.6) is 11.5 Å². The number of hydrogen-bond acceptors (Lipinski definition) is 4. The monoisotopic (exact) mass is 292 g/mol. The van der Waals surface area contributed by atoms with Crippen LogP contribution in [-0.2, 0) is 6.42 Å². The number of ether oxygens (including phenoxy) is 1. The Hall–Kier alpha value is -3.24. The summed E-state index contributed by atoms with van der Waals surface area (Å²) >= 11 is 0. The van der Waals surface area contributed by atoms with Gasteiger partial charge in [-0.15, -0.1) is 6.58 Å². The molecule has 110 valence electrons. The van der Waals surface area contributed by atoms with Gasteiger partial charge in [-0.2, -0.15) is 10.5 Å². The van der Waals surface area contributed by atoms with E-state index < -0.39 is 0 Å². The number of benzene rings is 2. The van der Waals surface area contributed by atoms with E-state index in [9.17, 15) is 5.11 Å². The van der Waals surface area contributed by atoms with Crippen molar-refractivity contribution in [3.63, 3.8) is 0 Å². The van der Waals surface area contributed by atoms with Gasteiger partial charge < -0.3 is 9.84 Å². The molecule has 2 aromatic carbocycles. The highest BCUT2D eigenvalue weighted by molar-refractivity contribution is 5.44. The molecule has 0 radical (unpaired) electrons. The first-order valence-electron chi connectivity index (χ1n) is 6.52. The van der Waals surface area contributed by atoms with E-state index in [0.717, 1.165) is 12.0 Å². The summed E-state index contributed by atoms with van der Waals surface area (Å²) in [6, 6.07) is 15.8. The van der Waals surface area contributed by atoms with Crippen LogP contribution in [0.4, 0.5) is 0 Å². The van der Waals surface area contributed by atoms with Crippen LogP contribution in [0, 0.1) is 22.7 Å². The Balaban J connectivity index is 0.000000224. The molecule has 0 fully saturated rings. The Labute approximate surface area is 130 Å². The van der Waals surface area contributed by atoms with Crippen molar-refractivity contribution >= 4 is 0 Å². The molecule has 0 unspecified atom stereocenters. The Kier molecular flexibility index (Phi) is 6.75. The van der Waals surface area contributed by atoms with Gasteiger partial charge in [0.2, 0.25) is 0 Å². The molecule has 0 aliphatic heterocycles. The molecule has 0 saturated carbocycles. The minimum atomic E-state index is 0.172. The first kappa shape index (κ1) is 16.8. The van der Waals surface area contributed by atoms with E-state index in [1.54, 1.807) is 36.4 Å². The third-order valence-electron chi connectivity index (χ3n) is 2.79. The highest BCUT2D eigenvalue weighted by atomic mass is 16.5. The van der Waals surface area contributed by atoms with Crippen LogP contribution in [0.1, 0.15) is 16.7 Å². The number of hydrogen-bond donors (Lipinski definition) is 1. The number of allylic oxidation sites excluding steroid dienone is 1. The summed E-state index contributed by atoms with van der Waals surface area (Å²) < 4.78 is 4.95. The Morgan fingerprint density at radius 3 is 2.18 bits per heavy atom. The van der Waals surface area contributed by atoms with E-state index in [1.165, 1.54) is 7.11 Å². The molecule has 0 atom stereocenters. The maximum absolute atomic E-state index is 9.25. The number of aromatic hydroxyl groups is 1. The molecule has 2 rings (SSSR count). The van der Waals surface area contributed by atoms with Gasteiger partial charge in [-0.25, -0.2) is 0 Å². The van der Waals surface area contributed by atoms with Gasteiger partial charge in [0, 0.05) is 0 Å². The van der Waals surface area contributed by atoms with Crippen molar-refractivity contribution in [1.82, 2.24) is 0 Å². The van der Waals surface area contributed by atoms with Crippen molar-refractivity contribution in [2.45, 2.75) is 6.42 Å². The van der Waals surface area contributed by atoms with Crippen molar-refractivity contribution in [1.29, 1.82) is 10.5 Å². The smallest absolute Gasteiger partial charge is 0.160 e. The van der Waals surface area contributed by atoms with Crippen LogP contribution in [0.25, 0.3) is 0 Å². The normalized spacial score (nSPS) is 8.68. The fourth-order valence-corrected chi connectivity index (χ4v) is 1.69. The van der Waals surface area contributed by atoms with Crippen LogP contribution in [0.15, 0.2) is 55.1 Å². The lowest BCUT2D eigenvalue weighted by atomic mass is 10.1. The lowest BCUT2D eigenvalue weighted by molar-refractivity contribution is 0.373. The van der Waals surface area contributed by atoms with Gasteiger partial charge in [0.1, 0.15) is 12.1 Å².